The van der Waals surface area contributed by atoms with Crippen molar-refractivity contribution >= 4 is 13.3 Å². The Labute approximate surface area is 41.3 Å². The molecule has 2 N–H and O–H groups in total. The van der Waals surface area contributed by atoms with Crippen LogP contribution in [0, 0.1) is 0 Å². The van der Waals surface area contributed by atoms with E-state index in [-0.39, 0.29) is 5.76 Å². The Hall–Kier alpha value is -0.925. The fraction of sp³-hybridized carbons (Fsp3) is 0. The Morgan fingerprint density at radius 2 is 2.57 bits per heavy atom. The fourth-order valence-electron chi connectivity index (χ4n) is 0.346. The van der Waals surface area contributed by atoms with Crippen LogP contribution in [0.5, 0.6) is 0 Å². The maximum Gasteiger partial charge on any atom is 0.281 e. The van der Waals surface area contributed by atoms with Crippen LogP contribution in [-0.4, -0.2) is 18.4 Å². The zero-order chi connectivity index (χ0) is 5.28. The van der Waals surface area contributed by atoms with Gasteiger partial charge in [-0.2, -0.15) is 0 Å². The fourth-order valence-corrected chi connectivity index (χ4v) is 0.346. The second-order valence-electron chi connectivity index (χ2n) is 1.19. The lowest BCUT2D eigenvalue weighted by Crippen LogP contribution is -2.19. The molecule has 1 aliphatic rings. The highest BCUT2D eigenvalue weighted by molar-refractivity contribution is 6.48. The van der Waals surface area contributed by atoms with E-state index in [9.17, 15) is 4.79 Å². The molecule has 35 valence electrons. The maximum absolute atomic E-state index is 10.1. The molecule has 0 aromatic heterocycles. The van der Waals surface area contributed by atoms with E-state index in [0.717, 1.165) is 0 Å². The van der Waals surface area contributed by atoms with Gasteiger partial charge in [0.25, 0.3) is 13.3 Å². The summed E-state index contributed by atoms with van der Waals surface area (Å²) in [5.74, 6) is 0.655. The number of nitrogens with one attached hydrogen (secondary N) is 1. The lowest BCUT2D eigenvalue weighted by Gasteiger charge is -1.85. The van der Waals surface area contributed by atoms with Gasteiger partial charge in [0.2, 0.25) is 0 Å². The molecule has 0 saturated heterocycles. The number of aliphatic hydroxyl groups excluding tert-OH is 1. The lowest BCUT2D eigenvalue weighted by molar-refractivity contribution is -0.117. The largest absolute Gasteiger partial charge is 0.504 e. The van der Waals surface area contributed by atoms with Crippen molar-refractivity contribution in [1.82, 2.24) is 5.23 Å². The number of hydrogen-bond acceptors (Lipinski definition) is 2. The molecule has 0 spiro atoms. The standard InChI is InChI=1S/C3H3BNO2/c6-2-1-4-5-3(2)7/h1,6H,(H,5,7). The molecule has 0 atom stereocenters. The molecule has 1 aliphatic heterocycles. The molecule has 0 saturated carbocycles. The summed E-state index contributed by atoms with van der Waals surface area (Å²) in [7, 11) is 1.39. The third-order valence-electron chi connectivity index (χ3n) is 0.688. The van der Waals surface area contributed by atoms with Crippen molar-refractivity contribution in [2.24, 2.45) is 0 Å². The predicted molar refractivity (Wildman–Crippen MR) is 24.6 cm³/mol. The molecule has 0 unspecified atom stereocenters. The van der Waals surface area contributed by atoms with Crippen LogP contribution in [-0.2, 0) is 4.79 Å². The second kappa shape index (κ2) is 1.29. The number of carbonyl (C=O) groups is 1. The van der Waals surface area contributed by atoms with Crippen LogP contribution >= 0.6 is 0 Å². The Balaban J connectivity index is 2.72. The topological polar surface area (TPSA) is 49.3 Å². The highest BCUT2D eigenvalue weighted by atomic mass is 16.3. The summed E-state index contributed by atoms with van der Waals surface area (Å²) < 4.78 is 0. The van der Waals surface area contributed by atoms with Crippen molar-refractivity contribution in [1.29, 1.82) is 0 Å². The first kappa shape index (κ1) is 4.24. The highest BCUT2D eigenvalue weighted by Crippen LogP contribution is 1.90. The first-order valence-electron chi connectivity index (χ1n) is 1.84. The number of amides is 1. The van der Waals surface area contributed by atoms with Gasteiger partial charge in [0, 0.05) is 0 Å². The third-order valence-corrected chi connectivity index (χ3v) is 0.688. The van der Waals surface area contributed by atoms with Crippen molar-refractivity contribution < 1.29 is 9.90 Å². The zero-order valence-corrected chi connectivity index (χ0v) is 3.51. The number of rotatable bonds is 0. The zero-order valence-electron chi connectivity index (χ0n) is 3.51. The van der Waals surface area contributed by atoms with E-state index in [1.165, 1.54) is 13.4 Å². The number of hydrogen-bond donors (Lipinski definition) is 2. The minimum absolute atomic E-state index is 0.222. The average molecular weight is 95.9 g/mol. The number of carbonyl (C=O) groups excluding carboxylic acids is 1. The minimum Gasteiger partial charge on any atom is -0.504 e. The summed E-state index contributed by atoms with van der Waals surface area (Å²) in [6.45, 7) is 0. The number of aliphatic hydroxyl groups is 1. The van der Waals surface area contributed by atoms with Crippen molar-refractivity contribution in [3.8, 4) is 0 Å². The van der Waals surface area contributed by atoms with E-state index in [1.807, 2.05) is 0 Å². The Morgan fingerprint density at radius 1 is 1.86 bits per heavy atom. The molecule has 3 nitrogen and oxygen atoms in total. The summed E-state index contributed by atoms with van der Waals surface area (Å²) >= 11 is 0. The minimum atomic E-state index is -0.431. The average Bonchev–Trinajstić information content (AvgIpc) is 1.91. The van der Waals surface area contributed by atoms with Gasteiger partial charge in [-0.3, -0.25) is 4.79 Å². The van der Waals surface area contributed by atoms with Gasteiger partial charge in [0.1, 0.15) is 0 Å². The highest BCUT2D eigenvalue weighted by Gasteiger charge is 2.11. The molecule has 1 rings (SSSR count). The van der Waals surface area contributed by atoms with Gasteiger partial charge in [-0.15, -0.1) is 0 Å². The molecule has 0 aromatic carbocycles. The van der Waals surface area contributed by atoms with Crippen LogP contribution in [0.1, 0.15) is 0 Å². The van der Waals surface area contributed by atoms with Crippen molar-refractivity contribution in [3.63, 3.8) is 0 Å². The van der Waals surface area contributed by atoms with Gasteiger partial charge >= 0.3 is 0 Å². The smallest absolute Gasteiger partial charge is 0.281 e. The van der Waals surface area contributed by atoms with Gasteiger partial charge in [-0.25, -0.2) is 0 Å². The summed E-state index contributed by atoms with van der Waals surface area (Å²) in [6.07, 6.45) is 0. The lowest BCUT2D eigenvalue weighted by atomic mass is 9.99. The quantitative estimate of drug-likeness (QED) is 0.385. The van der Waals surface area contributed by atoms with Crippen molar-refractivity contribution in [2.45, 2.75) is 0 Å². The SMILES string of the molecule is O=C1N[B]C=C1O. The molecule has 1 heterocycles. The van der Waals surface area contributed by atoms with Gasteiger partial charge in [-0.05, 0) is 5.98 Å². The Bertz CT molecular complexity index is 131. The molecule has 1 amide bonds. The van der Waals surface area contributed by atoms with E-state index in [0.29, 0.717) is 0 Å². The van der Waals surface area contributed by atoms with Gasteiger partial charge in [-0.1, -0.05) is 0 Å². The Kier molecular flexibility index (Phi) is 0.783. The molecule has 4 heteroatoms. The third kappa shape index (κ3) is 0.583. The van der Waals surface area contributed by atoms with Crippen LogP contribution in [0.25, 0.3) is 0 Å². The summed E-state index contributed by atoms with van der Waals surface area (Å²) in [6, 6.07) is 0. The molecular formula is C3H3BNO2. The van der Waals surface area contributed by atoms with Gasteiger partial charge in [0.05, 0.1) is 0 Å². The van der Waals surface area contributed by atoms with E-state index in [4.69, 9.17) is 5.11 Å². The molecule has 1 radical (unpaired) electrons. The molecule has 0 aliphatic carbocycles. The first-order chi connectivity index (χ1) is 3.30. The molecule has 0 aromatic rings. The molecule has 7 heavy (non-hydrogen) atoms. The maximum atomic E-state index is 10.1. The van der Waals surface area contributed by atoms with Crippen LogP contribution in [0.2, 0.25) is 0 Å². The van der Waals surface area contributed by atoms with E-state index in [1.54, 1.807) is 0 Å². The monoisotopic (exact) mass is 96.0 g/mol. The predicted octanol–water partition coefficient (Wildman–Crippen LogP) is -0.865. The normalized spacial score (nSPS) is 17.7. The molecule has 0 fully saturated rings. The van der Waals surface area contributed by atoms with Gasteiger partial charge in [0.15, 0.2) is 5.76 Å². The van der Waals surface area contributed by atoms with Crippen LogP contribution in [0.15, 0.2) is 11.7 Å². The molecule has 0 bridgehead atoms. The van der Waals surface area contributed by atoms with Crippen LogP contribution in [0.3, 0.4) is 0 Å². The van der Waals surface area contributed by atoms with E-state index >= 15 is 0 Å². The second-order valence-corrected chi connectivity index (χ2v) is 1.19. The van der Waals surface area contributed by atoms with E-state index in [2.05, 4.69) is 5.23 Å². The van der Waals surface area contributed by atoms with Crippen LogP contribution in [0.4, 0.5) is 0 Å². The van der Waals surface area contributed by atoms with E-state index < -0.39 is 5.91 Å². The summed E-state index contributed by atoms with van der Waals surface area (Å²) in [5, 5.41) is 10.7. The van der Waals surface area contributed by atoms with Gasteiger partial charge < -0.3 is 10.3 Å². The Morgan fingerprint density at radius 3 is 2.71 bits per heavy atom. The van der Waals surface area contributed by atoms with Crippen LogP contribution < -0.4 is 5.23 Å². The summed E-state index contributed by atoms with van der Waals surface area (Å²) in [5.41, 5.74) is 0. The first-order valence-corrected chi connectivity index (χ1v) is 1.84. The van der Waals surface area contributed by atoms with Crippen molar-refractivity contribution in [3.05, 3.63) is 11.7 Å². The summed E-state index contributed by atoms with van der Waals surface area (Å²) in [4.78, 5) is 10.1. The molecular weight excluding hydrogens is 92.8 g/mol. The van der Waals surface area contributed by atoms with Crippen molar-refractivity contribution in [2.75, 3.05) is 0 Å².